The number of ketones is 1. The fourth-order valence-corrected chi connectivity index (χ4v) is 6.15. The first-order chi connectivity index (χ1) is 17.7. The van der Waals surface area contributed by atoms with Gasteiger partial charge in [0.05, 0.1) is 23.2 Å². The molecule has 0 amide bonds. The quantitative estimate of drug-likeness (QED) is 0.362. The third kappa shape index (κ3) is 5.56. The molecule has 13 heteroatoms. The molecule has 1 fully saturated rings. The van der Waals surface area contributed by atoms with Crippen molar-refractivity contribution in [1.29, 1.82) is 0 Å². The Hall–Kier alpha value is -2.81. The fourth-order valence-electron chi connectivity index (χ4n) is 4.64. The van der Waals surface area contributed by atoms with Crippen LogP contribution in [-0.4, -0.2) is 61.2 Å². The van der Waals surface area contributed by atoms with E-state index in [1.54, 1.807) is 12.1 Å². The first kappa shape index (κ1) is 25.8. The SMILES string of the molecule is CNS(=O)(=O)O[C@@H]1C[C@H](Nc2ncncc2C(=O)c2cc([C@@H]3OCCc4ccc(F)cc43)cs2)C[C@@H]1O. The van der Waals surface area contributed by atoms with Crippen LogP contribution in [0.5, 0.6) is 0 Å². The molecule has 0 bridgehead atoms. The molecule has 1 aliphatic carbocycles. The van der Waals surface area contributed by atoms with Crippen molar-refractivity contribution in [1.82, 2.24) is 14.7 Å². The van der Waals surface area contributed by atoms with Gasteiger partial charge in [0, 0.05) is 19.3 Å². The van der Waals surface area contributed by atoms with Crippen LogP contribution in [0, 0.1) is 5.82 Å². The van der Waals surface area contributed by atoms with Gasteiger partial charge in [-0.15, -0.1) is 11.3 Å². The summed E-state index contributed by atoms with van der Waals surface area (Å²) in [6.45, 7) is 0.497. The van der Waals surface area contributed by atoms with Gasteiger partial charge < -0.3 is 15.2 Å². The van der Waals surface area contributed by atoms with E-state index >= 15 is 0 Å². The molecule has 3 heterocycles. The molecule has 196 valence electrons. The number of nitrogens with zero attached hydrogens (tertiary/aromatic N) is 2. The van der Waals surface area contributed by atoms with Crippen molar-refractivity contribution in [2.24, 2.45) is 0 Å². The molecule has 0 saturated heterocycles. The summed E-state index contributed by atoms with van der Waals surface area (Å²) in [4.78, 5) is 22.1. The van der Waals surface area contributed by atoms with Crippen LogP contribution in [0.2, 0.25) is 0 Å². The molecule has 10 nitrogen and oxygen atoms in total. The van der Waals surface area contributed by atoms with Crippen molar-refractivity contribution in [2.75, 3.05) is 19.0 Å². The molecule has 0 spiro atoms. The average molecular weight is 549 g/mol. The zero-order valence-electron chi connectivity index (χ0n) is 19.8. The highest BCUT2D eigenvalue weighted by Crippen LogP contribution is 2.36. The van der Waals surface area contributed by atoms with Crippen LogP contribution in [0.25, 0.3) is 0 Å². The van der Waals surface area contributed by atoms with Crippen molar-refractivity contribution in [3.63, 3.8) is 0 Å². The van der Waals surface area contributed by atoms with E-state index < -0.39 is 28.6 Å². The molecule has 2 aliphatic rings. The molecule has 3 aromatic rings. The highest BCUT2D eigenvalue weighted by molar-refractivity contribution is 7.84. The lowest BCUT2D eigenvalue weighted by Crippen LogP contribution is -2.31. The number of aliphatic hydroxyl groups is 1. The number of carbonyl (C=O) groups excluding carboxylic acids is 1. The van der Waals surface area contributed by atoms with Crippen LogP contribution in [0.4, 0.5) is 10.2 Å². The van der Waals surface area contributed by atoms with Gasteiger partial charge in [0.2, 0.25) is 5.78 Å². The zero-order valence-corrected chi connectivity index (χ0v) is 21.4. The minimum Gasteiger partial charge on any atom is -0.390 e. The third-order valence-corrected chi connectivity index (χ3v) is 8.41. The Morgan fingerprint density at radius 2 is 2.14 bits per heavy atom. The predicted octanol–water partition coefficient (Wildman–Crippen LogP) is 2.35. The smallest absolute Gasteiger partial charge is 0.335 e. The van der Waals surface area contributed by atoms with E-state index in [0.29, 0.717) is 17.9 Å². The van der Waals surface area contributed by atoms with Crippen LogP contribution < -0.4 is 10.0 Å². The van der Waals surface area contributed by atoms with Gasteiger partial charge in [-0.25, -0.2) is 14.4 Å². The van der Waals surface area contributed by atoms with Gasteiger partial charge in [0.15, 0.2) is 0 Å². The lowest BCUT2D eigenvalue weighted by atomic mass is 9.94. The summed E-state index contributed by atoms with van der Waals surface area (Å²) in [5.74, 6) is -0.379. The monoisotopic (exact) mass is 548 g/mol. The molecule has 37 heavy (non-hydrogen) atoms. The Kier molecular flexibility index (Phi) is 7.34. The van der Waals surface area contributed by atoms with Crippen LogP contribution in [0.15, 0.2) is 42.2 Å². The number of fused-ring (bicyclic) bond motifs is 1. The molecule has 0 unspecified atom stereocenters. The molecule has 0 radical (unpaired) electrons. The second-order valence-corrected chi connectivity index (χ2v) is 11.3. The maximum Gasteiger partial charge on any atom is 0.335 e. The topological polar surface area (TPSA) is 140 Å². The van der Waals surface area contributed by atoms with E-state index in [4.69, 9.17) is 8.92 Å². The molecule has 1 saturated carbocycles. The van der Waals surface area contributed by atoms with E-state index in [1.165, 1.54) is 43.0 Å². The van der Waals surface area contributed by atoms with Crippen LogP contribution in [0.3, 0.4) is 0 Å². The molecule has 2 aromatic heterocycles. The Balaban J connectivity index is 1.33. The fraction of sp³-hybridized carbons (Fsp3) is 0.375. The van der Waals surface area contributed by atoms with Crippen molar-refractivity contribution < 1.29 is 31.6 Å². The van der Waals surface area contributed by atoms with E-state index in [9.17, 15) is 22.7 Å². The molecular formula is C24H25FN4O6S2. The van der Waals surface area contributed by atoms with Gasteiger partial charge in [-0.3, -0.25) is 8.98 Å². The largest absolute Gasteiger partial charge is 0.390 e. The van der Waals surface area contributed by atoms with E-state index in [2.05, 4.69) is 20.0 Å². The lowest BCUT2D eigenvalue weighted by molar-refractivity contribution is 0.0636. The molecule has 4 atom stereocenters. The molecule has 3 N–H and O–H groups in total. The van der Waals surface area contributed by atoms with Gasteiger partial charge in [-0.1, -0.05) is 6.07 Å². The summed E-state index contributed by atoms with van der Waals surface area (Å²) in [7, 11) is -2.74. The number of rotatable bonds is 8. The summed E-state index contributed by atoms with van der Waals surface area (Å²) < 4.78 is 50.3. The summed E-state index contributed by atoms with van der Waals surface area (Å²) in [5, 5.41) is 15.2. The molecule has 1 aliphatic heterocycles. The van der Waals surface area contributed by atoms with Gasteiger partial charge >= 0.3 is 10.3 Å². The lowest BCUT2D eigenvalue weighted by Gasteiger charge is -2.25. The summed E-state index contributed by atoms with van der Waals surface area (Å²) in [5.41, 5.74) is 2.76. The second kappa shape index (κ2) is 10.5. The van der Waals surface area contributed by atoms with E-state index in [-0.39, 0.29) is 41.9 Å². The maximum absolute atomic E-state index is 13.9. The van der Waals surface area contributed by atoms with Crippen molar-refractivity contribution >= 4 is 33.2 Å². The predicted molar refractivity (Wildman–Crippen MR) is 133 cm³/mol. The molecule has 5 rings (SSSR count). The van der Waals surface area contributed by atoms with Crippen LogP contribution in [0.1, 0.15) is 50.9 Å². The Morgan fingerprint density at radius 3 is 2.95 bits per heavy atom. The number of carbonyl (C=O) groups is 1. The summed E-state index contributed by atoms with van der Waals surface area (Å²) in [6.07, 6.45) is 1.39. The van der Waals surface area contributed by atoms with Gasteiger partial charge in [-0.2, -0.15) is 13.1 Å². The Morgan fingerprint density at radius 1 is 1.30 bits per heavy atom. The normalized spacial score (nSPS) is 23.5. The molecular weight excluding hydrogens is 523 g/mol. The van der Waals surface area contributed by atoms with Gasteiger partial charge in [-0.05, 0) is 59.5 Å². The Bertz CT molecular complexity index is 1420. The number of aromatic nitrogens is 2. The van der Waals surface area contributed by atoms with Crippen molar-refractivity contribution in [3.05, 3.63) is 75.1 Å². The minimum absolute atomic E-state index is 0.192. The number of thiophene rings is 1. The number of ether oxygens (including phenoxy) is 1. The summed E-state index contributed by atoms with van der Waals surface area (Å²) in [6, 6.07) is 6.03. The number of hydrogen-bond donors (Lipinski definition) is 3. The number of benzene rings is 1. The Labute approximate surface area is 217 Å². The van der Waals surface area contributed by atoms with E-state index in [0.717, 1.165) is 16.7 Å². The van der Waals surface area contributed by atoms with Crippen molar-refractivity contribution in [3.8, 4) is 0 Å². The number of hydrogen-bond acceptors (Lipinski definition) is 10. The number of nitrogens with one attached hydrogen (secondary N) is 2. The van der Waals surface area contributed by atoms with Crippen LogP contribution in [-0.2, 0) is 25.6 Å². The number of halogens is 1. The highest BCUT2D eigenvalue weighted by atomic mass is 32.2. The molecule has 1 aromatic carbocycles. The minimum atomic E-state index is -3.97. The van der Waals surface area contributed by atoms with Crippen molar-refractivity contribution in [2.45, 2.75) is 43.6 Å². The standard InChI is InChI=1S/C24H25FN4O6S2/c1-26-37(32,33)35-20-9-16(8-19(20)30)29-24-18(10-27-12-28-24)22(31)21-6-14(11-36-21)23-17-7-15(25)3-2-13(17)4-5-34-23/h2-3,6-7,10-12,16,19-20,23,26,30H,4-5,8-9H2,1H3,(H,27,28,29)/t16-,19+,20-,23+/m1/s1. The third-order valence-electron chi connectivity index (χ3n) is 6.46. The first-order valence-electron chi connectivity index (χ1n) is 11.6. The maximum atomic E-state index is 13.9. The van der Waals surface area contributed by atoms with Gasteiger partial charge in [0.25, 0.3) is 0 Å². The first-order valence-corrected chi connectivity index (χ1v) is 13.9. The van der Waals surface area contributed by atoms with Gasteiger partial charge in [0.1, 0.15) is 30.2 Å². The second-order valence-electron chi connectivity index (χ2n) is 8.88. The zero-order chi connectivity index (χ0) is 26.2. The van der Waals surface area contributed by atoms with E-state index in [1.807, 2.05) is 5.38 Å². The highest BCUT2D eigenvalue weighted by Gasteiger charge is 2.37. The summed E-state index contributed by atoms with van der Waals surface area (Å²) >= 11 is 1.25. The number of aliphatic hydroxyl groups excluding tert-OH is 1. The average Bonchev–Trinajstić information content (AvgIpc) is 3.50. The number of anilines is 1. The van der Waals surface area contributed by atoms with Crippen LogP contribution >= 0.6 is 11.3 Å².